The summed E-state index contributed by atoms with van der Waals surface area (Å²) in [5, 5.41) is 7.60. The maximum Gasteiger partial charge on any atom is 0.0531 e. The number of rotatable bonds is 2. The first-order valence-electron chi connectivity index (χ1n) is 6.66. The van der Waals surface area contributed by atoms with Gasteiger partial charge in [-0.15, -0.1) is 0 Å². The van der Waals surface area contributed by atoms with Gasteiger partial charge in [-0.3, -0.25) is 0 Å². The Morgan fingerprint density at radius 1 is 0.778 bits per heavy atom. The van der Waals surface area contributed by atoms with Gasteiger partial charge in [-0.1, -0.05) is 57.5 Å². The number of aromatic nitrogens is 2. The van der Waals surface area contributed by atoms with E-state index in [9.17, 15) is 0 Å². The summed E-state index contributed by atoms with van der Waals surface area (Å²) in [7, 11) is 0. The molecule has 1 aromatic heterocycles. The van der Waals surface area contributed by atoms with E-state index in [1.54, 1.807) is 12.4 Å². The van der Waals surface area contributed by atoms with Gasteiger partial charge in [0.15, 0.2) is 0 Å². The lowest BCUT2D eigenvalue weighted by Crippen LogP contribution is -1.90. The van der Waals surface area contributed by atoms with Crippen LogP contribution in [0.4, 0.5) is 0 Å². The average Bonchev–Trinajstić information content (AvgIpc) is 2.47. The molecule has 0 atom stereocenters. The number of hydrogen-bond donors (Lipinski definition) is 0. The van der Waals surface area contributed by atoms with Crippen molar-refractivity contribution in [1.29, 1.82) is 0 Å². The Balaban J connectivity index is 0.000000659. The molecule has 0 aliphatic carbocycles. The highest BCUT2D eigenvalue weighted by atomic mass is 15.1. The van der Waals surface area contributed by atoms with Crippen LogP contribution in [0.3, 0.4) is 0 Å². The van der Waals surface area contributed by atoms with Gasteiger partial charge in [0.1, 0.15) is 0 Å². The second-order valence-corrected chi connectivity index (χ2v) is 3.41. The van der Waals surface area contributed by atoms with E-state index in [2.05, 4.69) is 41.4 Å². The monoisotopic (exact) mass is 244 g/mol. The van der Waals surface area contributed by atoms with Crippen LogP contribution in [0.5, 0.6) is 0 Å². The quantitative estimate of drug-likeness (QED) is 0.781. The lowest BCUT2D eigenvalue weighted by Gasteiger charge is -2.00. The Labute approximate surface area is 111 Å². The maximum atomic E-state index is 3.85. The van der Waals surface area contributed by atoms with E-state index in [4.69, 9.17) is 0 Å². The van der Waals surface area contributed by atoms with Crippen LogP contribution in [0.25, 0.3) is 0 Å². The molecule has 18 heavy (non-hydrogen) atoms. The smallest absolute Gasteiger partial charge is 0.0531 e. The van der Waals surface area contributed by atoms with Gasteiger partial charge in [0.05, 0.1) is 6.20 Å². The van der Waals surface area contributed by atoms with E-state index in [-0.39, 0.29) is 0 Å². The predicted molar refractivity (Wildman–Crippen MR) is 78.7 cm³/mol. The molecule has 0 aliphatic heterocycles. The molecule has 1 aromatic carbocycles. The van der Waals surface area contributed by atoms with Gasteiger partial charge in [0.25, 0.3) is 0 Å². The SMILES string of the molecule is CC.CC.Cc1ccc(Cc2ccnnc2)cc1. The normalized spacial score (nSPS) is 8.50. The highest BCUT2D eigenvalue weighted by Gasteiger charge is 1.95. The van der Waals surface area contributed by atoms with Crippen LogP contribution < -0.4 is 0 Å². The van der Waals surface area contributed by atoms with Crippen LogP contribution >= 0.6 is 0 Å². The molecule has 2 heteroatoms. The third kappa shape index (κ3) is 6.14. The topological polar surface area (TPSA) is 25.8 Å². The third-order valence-electron chi connectivity index (χ3n) is 2.17. The van der Waals surface area contributed by atoms with Crippen molar-refractivity contribution in [1.82, 2.24) is 10.2 Å². The molecule has 98 valence electrons. The van der Waals surface area contributed by atoms with E-state index in [0.717, 1.165) is 6.42 Å². The summed E-state index contributed by atoms with van der Waals surface area (Å²) in [4.78, 5) is 0. The fourth-order valence-corrected chi connectivity index (χ4v) is 1.36. The summed E-state index contributed by atoms with van der Waals surface area (Å²) in [6.45, 7) is 10.1. The maximum absolute atomic E-state index is 3.85. The number of aryl methyl sites for hydroxylation is 1. The van der Waals surface area contributed by atoms with Crippen molar-refractivity contribution in [2.45, 2.75) is 41.0 Å². The van der Waals surface area contributed by atoms with E-state index in [0.29, 0.717) is 0 Å². The first kappa shape index (κ1) is 16.3. The van der Waals surface area contributed by atoms with E-state index < -0.39 is 0 Å². The largest absolute Gasteiger partial charge is 0.159 e. The predicted octanol–water partition coefficient (Wildman–Crippen LogP) is 4.43. The highest BCUT2D eigenvalue weighted by molar-refractivity contribution is 5.26. The number of nitrogens with zero attached hydrogens (tertiary/aromatic N) is 2. The molecule has 0 aliphatic rings. The molecule has 0 radical (unpaired) electrons. The van der Waals surface area contributed by atoms with Crippen molar-refractivity contribution in [2.24, 2.45) is 0 Å². The van der Waals surface area contributed by atoms with Crippen molar-refractivity contribution in [3.05, 3.63) is 59.4 Å². The molecule has 1 heterocycles. The first-order chi connectivity index (χ1) is 8.84. The van der Waals surface area contributed by atoms with Crippen LogP contribution in [0.1, 0.15) is 44.4 Å². The van der Waals surface area contributed by atoms with Crippen molar-refractivity contribution >= 4 is 0 Å². The summed E-state index contributed by atoms with van der Waals surface area (Å²) in [5.74, 6) is 0. The molecule has 0 saturated heterocycles. The standard InChI is InChI=1S/C12H12N2.2C2H6/c1-10-2-4-11(5-3-10)8-12-6-7-13-14-9-12;2*1-2/h2-7,9H,8H2,1H3;2*1-2H3. The van der Waals surface area contributed by atoms with Crippen molar-refractivity contribution in [3.8, 4) is 0 Å². The van der Waals surface area contributed by atoms with Crippen LogP contribution in [0.2, 0.25) is 0 Å². The summed E-state index contributed by atoms with van der Waals surface area (Å²) >= 11 is 0. The van der Waals surface area contributed by atoms with Crippen molar-refractivity contribution < 1.29 is 0 Å². The molecule has 0 unspecified atom stereocenters. The fourth-order valence-electron chi connectivity index (χ4n) is 1.36. The summed E-state index contributed by atoms with van der Waals surface area (Å²) < 4.78 is 0. The van der Waals surface area contributed by atoms with E-state index in [1.807, 2.05) is 33.8 Å². The molecule has 0 amide bonds. The number of benzene rings is 1. The molecule has 0 spiro atoms. The molecule has 2 rings (SSSR count). The zero-order valence-corrected chi connectivity index (χ0v) is 12.1. The summed E-state index contributed by atoms with van der Waals surface area (Å²) in [6.07, 6.45) is 4.46. The molecule has 0 N–H and O–H groups in total. The Hall–Kier alpha value is -1.70. The van der Waals surface area contributed by atoms with Gasteiger partial charge in [-0.2, -0.15) is 10.2 Å². The van der Waals surface area contributed by atoms with Gasteiger partial charge in [-0.05, 0) is 30.5 Å². The van der Waals surface area contributed by atoms with Gasteiger partial charge >= 0.3 is 0 Å². The summed E-state index contributed by atoms with van der Waals surface area (Å²) in [5.41, 5.74) is 3.80. The Bertz CT molecular complexity index is 393. The second-order valence-electron chi connectivity index (χ2n) is 3.41. The van der Waals surface area contributed by atoms with Gasteiger partial charge < -0.3 is 0 Å². The van der Waals surface area contributed by atoms with Gasteiger partial charge in [0, 0.05) is 6.20 Å². The molecule has 2 aromatic rings. The molecule has 2 nitrogen and oxygen atoms in total. The molecular formula is C16H24N2. The minimum absolute atomic E-state index is 0.926. The Morgan fingerprint density at radius 3 is 1.89 bits per heavy atom. The third-order valence-corrected chi connectivity index (χ3v) is 2.17. The van der Waals surface area contributed by atoms with Crippen LogP contribution in [0.15, 0.2) is 42.7 Å². The average molecular weight is 244 g/mol. The molecule has 0 saturated carbocycles. The van der Waals surface area contributed by atoms with E-state index in [1.165, 1.54) is 16.7 Å². The highest BCUT2D eigenvalue weighted by Crippen LogP contribution is 2.08. The molecule has 0 bridgehead atoms. The van der Waals surface area contributed by atoms with Crippen LogP contribution in [0, 0.1) is 6.92 Å². The first-order valence-corrected chi connectivity index (χ1v) is 6.66. The van der Waals surface area contributed by atoms with Crippen LogP contribution in [-0.4, -0.2) is 10.2 Å². The zero-order valence-electron chi connectivity index (χ0n) is 12.1. The zero-order chi connectivity index (χ0) is 13.8. The number of hydrogen-bond acceptors (Lipinski definition) is 2. The van der Waals surface area contributed by atoms with E-state index >= 15 is 0 Å². The van der Waals surface area contributed by atoms with Crippen LogP contribution in [-0.2, 0) is 6.42 Å². The lowest BCUT2D eigenvalue weighted by molar-refractivity contribution is 0.994. The Kier molecular flexibility index (Phi) is 9.47. The van der Waals surface area contributed by atoms with Crippen molar-refractivity contribution in [3.63, 3.8) is 0 Å². The summed E-state index contributed by atoms with van der Waals surface area (Å²) in [6, 6.07) is 10.5. The van der Waals surface area contributed by atoms with Gasteiger partial charge in [-0.25, -0.2) is 0 Å². The minimum Gasteiger partial charge on any atom is -0.159 e. The van der Waals surface area contributed by atoms with Crippen molar-refractivity contribution in [2.75, 3.05) is 0 Å². The minimum atomic E-state index is 0.926. The lowest BCUT2D eigenvalue weighted by atomic mass is 10.1. The Morgan fingerprint density at radius 2 is 1.39 bits per heavy atom. The van der Waals surface area contributed by atoms with Gasteiger partial charge in [0.2, 0.25) is 0 Å². The fraction of sp³-hybridized carbons (Fsp3) is 0.375. The second kappa shape index (κ2) is 10.5. The molecule has 0 fully saturated rings. The molecular weight excluding hydrogens is 220 g/mol.